The second kappa shape index (κ2) is 7.46. The molecular formula is C16H22ClNO3. The molecule has 1 amide bonds. The molecule has 0 fully saturated rings. The molecule has 0 aliphatic carbocycles. The third kappa shape index (κ3) is 5.76. The van der Waals surface area contributed by atoms with Crippen LogP contribution in [0.25, 0.3) is 0 Å². The fourth-order valence-corrected chi connectivity index (χ4v) is 2.40. The number of carboxylic acid groups (broad SMARTS) is 1. The van der Waals surface area contributed by atoms with Gasteiger partial charge in [-0.05, 0) is 24.0 Å². The normalized spacial score (nSPS) is 11.2. The number of carbonyl (C=O) groups excluding carboxylic acids is 1. The number of carboxylic acids is 1. The average Bonchev–Trinajstić information content (AvgIpc) is 2.35. The van der Waals surface area contributed by atoms with Gasteiger partial charge in [0.25, 0.3) is 0 Å². The monoisotopic (exact) mass is 311 g/mol. The molecule has 116 valence electrons. The van der Waals surface area contributed by atoms with Crippen molar-refractivity contribution in [2.75, 3.05) is 6.54 Å². The molecule has 0 saturated heterocycles. The smallest absolute Gasteiger partial charge is 0.303 e. The summed E-state index contributed by atoms with van der Waals surface area (Å²) in [7, 11) is 0. The standard InChI is InChI=1S/C16H22ClNO3/c1-4-18(11-12-7-5-6-8-13(12)17)14(19)9-16(2,3)10-15(20)21/h5-8H,4,9-11H2,1-3H3,(H,20,21). The van der Waals surface area contributed by atoms with Gasteiger partial charge in [-0.15, -0.1) is 0 Å². The number of rotatable bonds is 7. The number of benzene rings is 1. The predicted octanol–water partition coefficient (Wildman–Crippen LogP) is 3.58. The zero-order valence-electron chi connectivity index (χ0n) is 12.7. The van der Waals surface area contributed by atoms with E-state index in [4.69, 9.17) is 16.7 Å². The summed E-state index contributed by atoms with van der Waals surface area (Å²) in [5, 5.41) is 9.52. The van der Waals surface area contributed by atoms with Crippen molar-refractivity contribution in [2.45, 2.75) is 40.2 Å². The Morgan fingerprint density at radius 3 is 2.38 bits per heavy atom. The number of hydrogen-bond acceptors (Lipinski definition) is 2. The average molecular weight is 312 g/mol. The highest BCUT2D eigenvalue weighted by Gasteiger charge is 2.27. The highest BCUT2D eigenvalue weighted by atomic mass is 35.5. The molecular weight excluding hydrogens is 290 g/mol. The molecule has 0 atom stereocenters. The Labute approximate surface area is 130 Å². The highest BCUT2D eigenvalue weighted by Crippen LogP contribution is 2.27. The molecule has 21 heavy (non-hydrogen) atoms. The Morgan fingerprint density at radius 1 is 1.24 bits per heavy atom. The van der Waals surface area contributed by atoms with Crippen LogP contribution in [0, 0.1) is 5.41 Å². The van der Waals surface area contributed by atoms with Gasteiger partial charge in [0.15, 0.2) is 0 Å². The van der Waals surface area contributed by atoms with E-state index in [2.05, 4.69) is 0 Å². The lowest BCUT2D eigenvalue weighted by Gasteiger charge is -2.27. The summed E-state index contributed by atoms with van der Waals surface area (Å²) in [6.45, 7) is 6.50. The van der Waals surface area contributed by atoms with E-state index in [1.807, 2.05) is 25.1 Å². The number of aliphatic carboxylic acids is 1. The van der Waals surface area contributed by atoms with Crippen molar-refractivity contribution in [1.82, 2.24) is 4.90 Å². The third-order valence-corrected chi connectivity index (χ3v) is 3.68. The van der Waals surface area contributed by atoms with Crippen molar-refractivity contribution in [3.63, 3.8) is 0 Å². The molecule has 0 heterocycles. The molecule has 0 saturated carbocycles. The maximum absolute atomic E-state index is 12.4. The fraction of sp³-hybridized carbons (Fsp3) is 0.500. The predicted molar refractivity (Wildman–Crippen MR) is 83.2 cm³/mol. The van der Waals surface area contributed by atoms with Crippen molar-refractivity contribution >= 4 is 23.5 Å². The van der Waals surface area contributed by atoms with Crippen LogP contribution in [0.3, 0.4) is 0 Å². The quantitative estimate of drug-likeness (QED) is 0.837. The summed E-state index contributed by atoms with van der Waals surface area (Å²) < 4.78 is 0. The number of nitrogens with zero attached hydrogens (tertiary/aromatic N) is 1. The number of carbonyl (C=O) groups is 2. The van der Waals surface area contributed by atoms with E-state index in [0.717, 1.165) is 5.56 Å². The lowest BCUT2D eigenvalue weighted by molar-refractivity contribution is -0.140. The zero-order valence-corrected chi connectivity index (χ0v) is 13.5. The van der Waals surface area contributed by atoms with Crippen molar-refractivity contribution in [1.29, 1.82) is 0 Å². The van der Waals surface area contributed by atoms with Crippen LogP contribution in [0.1, 0.15) is 39.2 Å². The molecule has 0 aliphatic heterocycles. The van der Waals surface area contributed by atoms with Crippen molar-refractivity contribution in [3.8, 4) is 0 Å². The highest BCUT2D eigenvalue weighted by molar-refractivity contribution is 6.31. The molecule has 0 unspecified atom stereocenters. The second-order valence-electron chi connectivity index (χ2n) is 5.91. The Bertz CT molecular complexity index is 514. The lowest BCUT2D eigenvalue weighted by atomic mass is 9.85. The largest absolute Gasteiger partial charge is 0.481 e. The van der Waals surface area contributed by atoms with Crippen LogP contribution in [-0.4, -0.2) is 28.4 Å². The first-order chi connectivity index (χ1) is 9.75. The zero-order chi connectivity index (χ0) is 16.0. The van der Waals surface area contributed by atoms with Crippen LogP contribution in [-0.2, 0) is 16.1 Å². The maximum Gasteiger partial charge on any atom is 0.303 e. The Morgan fingerprint density at radius 2 is 1.86 bits per heavy atom. The minimum absolute atomic E-state index is 0.0254. The topological polar surface area (TPSA) is 57.6 Å². The van der Waals surface area contributed by atoms with E-state index < -0.39 is 11.4 Å². The minimum Gasteiger partial charge on any atom is -0.481 e. The molecule has 1 N–H and O–H groups in total. The fourth-order valence-electron chi connectivity index (χ4n) is 2.20. The maximum atomic E-state index is 12.4. The third-order valence-electron chi connectivity index (χ3n) is 3.31. The summed E-state index contributed by atoms with van der Waals surface area (Å²) in [5.74, 6) is -0.939. The Balaban J connectivity index is 2.74. The van der Waals surface area contributed by atoms with Crippen molar-refractivity contribution in [2.24, 2.45) is 5.41 Å². The molecule has 4 nitrogen and oxygen atoms in total. The van der Waals surface area contributed by atoms with Crippen molar-refractivity contribution < 1.29 is 14.7 Å². The van der Waals surface area contributed by atoms with E-state index in [1.54, 1.807) is 24.8 Å². The summed E-state index contributed by atoms with van der Waals surface area (Å²) in [6, 6.07) is 7.41. The van der Waals surface area contributed by atoms with Gasteiger partial charge in [0.2, 0.25) is 5.91 Å². The van der Waals surface area contributed by atoms with Gasteiger partial charge in [-0.2, -0.15) is 0 Å². The first kappa shape index (κ1) is 17.5. The molecule has 0 spiro atoms. The second-order valence-corrected chi connectivity index (χ2v) is 6.32. The number of halogens is 1. The first-order valence-electron chi connectivity index (χ1n) is 6.98. The van der Waals surface area contributed by atoms with Gasteiger partial charge in [-0.1, -0.05) is 43.6 Å². The van der Waals surface area contributed by atoms with Crippen LogP contribution in [0.2, 0.25) is 5.02 Å². The molecule has 5 heteroatoms. The summed E-state index contributed by atoms with van der Waals surface area (Å²) in [4.78, 5) is 24.9. The van der Waals surface area contributed by atoms with Crippen LogP contribution < -0.4 is 0 Å². The van der Waals surface area contributed by atoms with Gasteiger partial charge < -0.3 is 10.0 Å². The van der Waals surface area contributed by atoms with E-state index >= 15 is 0 Å². The summed E-state index contributed by atoms with van der Waals surface area (Å²) in [6.07, 6.45) is 0.181. The van der Waals surface area contributed by atoms with Crippen LogP contribution in [0.4, 0.5) is 0 Å². The van der Waals surface area contributed by atoms with Gasteiger partial charge in [0, 0.05) is 24.5 Å². The summed E-state index contributed by atoms with van der Waals surface area (Å²) in [5.41, 5.74) is 0.335. The molecule has 1 aromatic carbocycles. The van der Waals surface area contributed by atoms with Crippen LogP contribution >= 0.6 is 11.6 Å². The minimum atomic E-state index is -0.887. The molecule has 1 aromatic rings. The van der Waals surface area contributed by atoms with E-state index in [0.29, 0.717) is 18.1 Å². The summed E-state index contributed by atoms with van der Waals surface area (Å²) >= 11 is 6.12. The lowest BCUT2D eigenvalue weighted by Crippen LogP contribution is -2.34. The molecule has 1 rings (SSSR count). The molecule has 0 aromatic heterocycles. The van der Waals surface area contributed by atoms with Gasteiger partial charge in [-0.3, -0.25) is 9.59 Å². The Kier molecular flexibility index (Phi) is 6.21. The molecule has 0 radical (unpaired) electrons. The van der Waals surface area contributed by atoms with Gasteiger partial charge in [-0.25, -0.2) is 0 Å². The van der Waals surface area contributed by atoms with Crippen LogP contribution in [0.15, 0.2) is 24.3 Å². The van der Waals surface area contributed by atoms with E-state index in [1.165, 1.54) is 0 Å². The van der Waals surface area contributed by atoms with Gasteiger partial charge in [0.1, 0.15) is 0 Å². The van der Waals surface area contributed by atoms with Gasteiger partial charge >= 0.3 is 5.97 Å². The van der Waals surface area contributed by atoms with E-state index in [-0.39, 0.29) is 18.7 Å². The van der Waals surface area contributed by atoms with Crippen LogP contribution in [0.5, 0.6) is 0 Å². The molecule has 0 aliphatic rings. The molecule has 0 bridgehead atoms. The SMILES string of the molecule is CCN(Cc1ccccc1Cl)C(=O)CC(C)(C)CC(=O)O. The number of amides is 1. The number of hydrogen-bond donors (Lipinski definition) is 1. The Hall–Kier alpha value is -1.55. The van der Waals surface area contributed by atoms with E-state index in [9.17, 15) is 9.59 Å². The van der Waals surface area contributed by atoms with Crippen molar-refractivity contribution in [3.05, 3.63) is 34.9 Å². The first-order valence-corrected chi connectivity index (χ1v) is 7.36. The van der Waals surface area contributed by atoms with Gasteiger partial charge in [0.05, 0.1) is 6.42 Å².